The van der Waals surface area contributed by atoms with Crippen LogP contribution in [0.3, 0.4) is 0 Å². The van der Waals surface area contributed by atoms with Crippen LogP contribution in [0.2, 0.25) is 0 Å². The number of methoxy groups -OCH3 is 1. The molecule has 0 radical (unpaired) electrons. The quantitative estimate of drug-likeness (QED) is 0.257. The Morgan fingerprint density at radius 3 is 2.41 bits per heavy atom. The summed E-state index contributed by atoms with van der Waals surface area (Å²) in [7, 11) is 1.62. The Kier molecular flexibility index (Phi) is 7.16. The highest BCUT2D eigenvalue weighted by atomic mass is 127. The second-order valence-corrected chi connectivity index (χ2v) is 8.96. The summed E-state index contributed by atoms with van der Waals surface area (Å²) in [5, 5.41) is 0.617. The highest BCUT2D eigenvalue weighted by Gasteiger charge is 2.34. The van der Waals surface area contributed by atoms with Crippen molar-refractivity contribution in [2.24, 2.45) is 4.99 Å². The molecule has 0 bridgehead atoms. The number of ether oxygens (including phenoxy) is 2. The van der Waals surface area contributed by atoms with Gasteiger partial charge in [0.25, 0.3) is 5.91 Å². The van der Waals surface area contributed by atoms with Gasteiger partial charge in [0.05, 0.1) is 33.6 Å². The number of hydrogen-bond acceptors (Lipinski definition) is 5. The van der Waals surface area contributed by atoms with Gasteiger partial charge in [-0.15, -0.1) is 0 Å². The number of thioether (sulfide) groups is 1. The number of aliphatic imine (C=N–C) groups is 1. The van der Waals surface area contributed by atoms with E-state index in [4.69, 9.17) is 14.5 Å². The van der Waals surface area contributed by atoms with E-state index in [-0.39, 0.29) is 5.91 Å². The molecule has 7 heteroatoms. The van der Waals surface area contributed by atoms with Crippen LogP contribution in [0.25, 0.3) is 6.08 Å². The van der Waals surface area contributed by atoms with Gasteiger partial charge in [-0.05, 0) is 89.3 Å². The van der Waals surface area contributed by atoms with Gasteiger partial charge >= 0.3 is 0 Å². The molecule has 3 aromatic rings. The maximum Gasteiger partial charge on any atom is 0.271 e. The van der Waals surface area contributed by atoms with Crippen LogP contribution in [0.4, 0.5) is 11.4 Å². The predicted molar refractivity (Wildman–Crippen MR) is 140 cm³/mol. The molecule has 0 atom stereocenters. The summed E-state index contributed by atoms with van der Waals surface area (Å²) in [5.74, 6) is 1.24. The van der Waals surface area contributed by atoms with Gasteiger partial charge in [0.1, 0.15) is 0 Å². The summed E-state index contributed by atoms with van der Waals surface area (Å²) >= 11 is 3.57. The summed E-state index contributed by atoms with van der Waals surface area (Å²) < 4.78 is 12.1. The fraction of sp³-hybridized carbons (Fsp3) is 0.120. The molecule has 3 aromatic carbocycles. The van der Waals surface area contributed by atoms with Gasteiger partial charge in [0.15, 0.2) is 16.7 Å². The first-order valence-corrected chi connectivity index (χ1v) is 11.9. The molecule has 1 fully saturated rings. The SMILES string of the molecule is CCOc1cc(/C=C2\SC(=Nc3ccccc3)N(c3ccccc3)C2=O)cc(I)c1OC. The highest BCUT2D eigenvalue weighted by Crippen LogP contribution is 2.39. The van der Waals surface area contributed by atoms with Gasteiger partial charge in [-0.1, -0.05) is 36.4 Å². The molecule has 1 amide bonds. The second kappa shape index (κ2) is 10.2. The largest absolute Gasteiger partial charge is 0.492 e. The van der Waals surface area contributed by atoms with Crippen molar-refractivity contribution in [2.75, 3.05) is 18.6 Å². The number of anilines is 1. The van der Waals surface area contributed by atoms with E-state index in [0.29, 0.717) is 28.2 Å². The molecular formula is C25H21IN2O3S. The van der Waals surface area contributed by atoms with E-state index in [1.165, 1.54) is 11.8 Å². The molecule has 1 aliphatic rings. The van der Waals surface area contributed by atoms with Crippen molar-refractivity contribution >= 4 is 62.9 Å². The third kappa shape index (κ3) is 4.83. The van der Waals surface area contributed by atoms with Gasteiger partial charge in [-0.3, -0.25) is 9.69 Å². The molecule has 32 heavy (non-hydrogen) atoms. The van der Waals surface area contributed by atoms with Crippen molar-refractivity contribution in [3.8, 4) is 11.5 Å². The Morgan fingerprint density at radius 1 is 1.06 bits per heavy atom. The summed E-state index contributed by atoms with van der Waals surface area (Å²) in [6, 6.07) is 23.1. The smallest absolute Gasteiger partial charge is 0.271 e. The zero-order valence-electron chi connectivity index (χ0n) is 17.6. The summed E-state index contributed by atoms with van der Waals surface area (Å²) in [5.41, 5.74) is 2.44. The number of carbonyl (C=O) groups is 1. The first-order chi connectivity index (χ1) is 15.6. The van der Waals surface area contributed by atoms with Crippen LogP contribution in [-0.2, 0) is 4.79 Å². The monoisotopic (exact) mass is 556 g/mol. The highest BCUT2D eigenvalue weighted by molar-refractivity contribution is 14.1. The van der Waals surface area contributed by atoms with Gasteiger partial charge in [-0.25, -0.2) is 4.99 Å². The fourth-order valence-electron chi connectivity index (χ4n) is 3.25. The van der Waals surface area contributed by atoms with Gasteiger partial charge in [0, 0.05) is 0 Å². The molecule has 0 aromatic heterocycles. The maximum atomic E-state index is 13.4. The molecule has 162 valence electrons. The molecule has 1 saturated heterocycles. The molecule has 1 aliphatic heterocycles. The van der Waals surface area contributed by atoms with Crippen molar-refractivity contribution in [1.82, 2.24) is 0 Å². The Hall–Kier alpha value is -2.78. The lowest BCUT2D eigenvalue weighted by molar-refractivity contribution is -0.113. The lowest BCUT2D eigenvalue weighted by Crippen LogP contribution is -2.28. The molecule has 5 nitrogen and oxygen atoms in total. The van der Waals surface area contributed by atoms with E-state index in [0.717, 1.165) is 20.5 Å². The first kappa shape index (κ1) is 22.4. The van der Waals surface area contributed by atoms with E-state index in [1.54, 1.807) is 12.0 Å². The van der Waals surface area contributed by atoms with Crippen LogP contribution < -0.4 is 14.4 Å². The Labute approximate surface area is 205 Å². The molecule has 0 unspecified atom stereocenters. The van der Waals surface area contributed by atoms with Gasteiger partial charge < -0.3 is 9.47 Å². The molecule has 0 spiro atoms. The zero-order valence-corrected chi connectivity index (χ0v) is 20.6. The number of amides is 1. The second-order valence-electron chi connectivity index (χ2n) is 6.78. The first-order valence-electron chi connectivity index (χ1n) is 10.0. The van der Waals surface area contributed by atoms with Gasteiger partial charge in [0.2, 0.25) is 0 Å². The van der Waals surface area contributed by atoms with Crippen molar-refractivity contribution in [1.29, 1.82) is 0 Å². The minimum Gasteiger partial charge on any atom is -0.492 e. The lowest BCUT2D eigenvalue weighted by atomic mass is 10.1. The van der Waals surface area contributed by atoms with Crippen LogP contribution in [0, 0.1) is 3.57 Å². The van der Waals surface area contributed by atoms with E-state index >= 15 is 0 Å². The maximum absolute atomic E-state index is 13.4. The van der Waals surface area contributed by atoms with Crippen molar-refractivity contribution in [3.63, 3.8) is 0 Å². The number of benzene rings is 3. The van der Waals surface area contributed by atoms with Crippen LogP contribution in [0.5, 0.6) is 11.5 Å². The normalized spacial score (nSPS) is 16.1. The third-order valence-electron chi connectivity index (χ3n) is 4.64. The van der Waals surface area contributed by atoms with Crippen LogP contribution in [0.1, 0.15) is 12.5 Å². The Balaban J connectivity index is 1.77. The van der Waals surface area contributed by atoms with Crippen molar-refractivity contribution < 1.29 is 14.3 Å². The Bertz CT molecular complexity index is 1180. The topological polar surface area (TPSA) is 51.1 Å². The number of nitrogens with zero attached hydrogens (tertiary/aromatic N) is 2. The fourth-order valence-corrected chi connectivity index (χ4v) is 5.10. The number of carbonyl (C=O) groups excluding carboxylic acids is 1. The Morgan fingerprint density at radius 2 is 1.75 bits per heavy atom. The molecule has 0 saturated carbocycles. The number of rotatable bonds is 6. The van der Waals surface area contributed by atoms with Gasteiger partial charge in [-0.2, -0.15) is 0 Å². The van der Waals surface area contributed by atoms with Crippen LogP contribution >= 0.6 is 34.4 Å². The molecule has 0 N–H and O–H groups in total. The van der Waals surface area contributed by atoms with E-state index < -0.39 is 0 Å². The van der Waals surface area contributed by atoms with Crippen molar-refractivity contribution in [3.05, 3.63) is 86.8 Å². The average molecular weight is 556 g/mol. The van der Waals surface area contributed by atoms with Crippen LogP contribution in [0.15, 0.2) is 82.7 Å². The molecule has 4 rings (SSSR count). The minimum atomic E-state index is -0.111. The molecular weight excluding hydrogens is 535 g/mol. The summed E-state index contributed by atoms with van der Waals surface area (Å²) in [4.78, 5) is 20.4. The molecule has 0 aliphatic carbocycles. The summed E-state index contributed by atoms with van der Waals surface area (Å²) in [6.07, 6.45) is 1.88. The lowest BCUT2D eigenvalue weighted by Gasteiger charge is -2.15. The van der Waals surface area contributed by atoms with E-state index in [1.807, 2.05) is 85.8 Å². The van der Waals surface area contributed by atoms with Crippen LogP contribution in [-0.4, -0.2) is 24.8 Å². The molecule has 1 heterocycles. The van der Waals surface area contributed by atoms with E-state index in [2.05, 4.69) is 22.6 Å². The average Bonchev–Trinajstić information content (AvgIpc) is 3.09. The van der Waals surface area contributed by atoms with E-state index in [9.17, 15) is 4.79 Å². The summed E-state index contributed by atoms with van der Waals surface area (Å²) in [6.45, 7) is 2.45. The zero-order chi connectivity index (χ0) is 22.5. The third-order valence-corrected chi connectivity index (χ3v) is 6.41. The number of hydrogen-bond donors (Lipinski definition) is 0. The number of halogens is 1. The predicted octanol–water partition coefficient (Wildman–Crippen LogP) is 6.51. The number of para-hydroxylation sites is 2. The standard InChI is InChI=1S/C25H21IN2O3S/c1-3-31-21-15-17(14-20(26)23(21)30-2)16-22-24(29)28(19-12-8-5-9-13-19)25(32-22)27-18-10-6-4-7-11-18/h4-16H,3H2,1-2H3/b22-16-,27-25?. The van der Waals surface area contributed by atoms with Crippen molar-refractivity contribution in [2.45, 2.75) is 6.92 Å². The number of amidine groups is 1. The minimum absolute atomic E-state index is 0.111.